The van der Waals surface area contributed by atoms with E-state index in [0.29, 0.717) is 30.6 Å². The van der Waals surface area contributed by atoms with Crippen LogP contribution in [0.15, 0.2) is 60.7 Å². The zero-order valence-corrected chi connectivity index (χ0v) is 15.6. The van der Waals surface area contributed by atoms with E-state index < -0.39 is 7.75 Å². The molecule has 0 unspecified atom stereocenters. The van der Waals surface area contributed by atoms with Crippen LogP contribution in [-0.2, 0) is 15.7 Å². The molecule has 4 nitrogen and oxygen atoms in total. The first-order chi connectivity index (χ1) is 11.7. The van der Waals surface area contributed by atoms with Crippen LogP contribution in [0.5, 0.6) is 5.75 Å². The van der Waals surface area contributed by atoms with E-state index >= 15 is 0 Å². The molecule has 2 aromatic rings. The van der Waals surface area contributed by atoms with Gasteiger partial charge in [-0.1, -0.05) is 48.5 Å². The van der Waals surface area contributed by atoms with Gasteiger partial charge in [0.05, 0.1) is 6.61 Å². The summed E-state index contributed by atoms with van der Waals surface area (Å²) in [5.41, 5.74) is 0.908. The third-order valence-electron chi connectivity index (χ3n) is 3.23. The van der Waals surface area contributed by atoms with Gasteiger partial charge in [-0.2, -0.15) is 4.67 Å². The smallest absolute Gasteiger partial charge is 0.413 e. The summed E-state index contributed by atoms with van der Waals surface area (Å²) in [6.45, 7) is 0.881. The summed E-state index contributed by atoms with van der Waals surface area (Å²) >= 11 is 11.7. The molecule has 0 aromatic heterocycles. The van der Waals surface area contributed by atoms with Crippen LogP contribution in [-0.4, -0.2) is 29.5 Å². The number of nitrogens with zero attached hydrogens (tertiary/aromatic N) is 1. The molecule has 0 N–H and O–H groups in total. The fraction of sp³-hybridized carbons (Fsp3) is 0.294. The van der Waals surface area contributed by atoms with Gasteiger partial charge in [-0.25, -0.2) is 4.57 Å². The molecule has 2 aromatic carbocycles. The van der Waals surface area contributed by atoms with Gasteiger partial charge >= 0.3 is 7.75 Å². The number of halogens is 2. The van der Waals surface area contributed by atoms with E-state index in [0.717, 1.165) is 5.56 Å². The Labute approximate surface area is 152 Å². The molecule has 0 saturated carbocycles. The van der Waals surface area contributed by atoms with Crippen LogP contribution in [0.2, 0.25) is 0 Å². The minimum Gasteiger partial charge on any atom is -0.413 e. The fourth-order valence-electron chi connectivity index (χ4n) is 2.06. The van der Waals surface area contributed by atoms with Crippen LogP contribution in [0.4, 0.5) is 0 Å². The molecule has 0 aliphatic rings. The van der Waals surface area contributed by atoms with Gasteiger partial charge in [0.1, 0.15) is 5.75 Å². The predicted molar refractivity (Wildman–Crippen MR) is 98.9 cm³/mol. The first kappa shape index (κ1) is 19.3. The van der Waals surface area contributed by atoms with Crippen molar-refractivity contribution >= 4 is 30.9 Å². The molecule has 0 aliphatic heterocycles. The largest absolute Gasteiger partial charge is 0.461 e. The van der Waals surface area contributed by atoms with Crippen molar-refractivity contribution < 1.29 is 13.6 Å². The van der Waals surface area contributed by atoms with Crippen LogP contribution in [0.25, 0.3) is 0 Å². The van der Waals surface area contributed by atoms with E-state index in [9.17, 15) is 4.57 Å². The topological polar surface area (TPSA) is 38.8 Å². The molecular formula is C17H20Cl2NO3P. The average Bonchev–Trinajstić information content (AvgIpc) is 2.62. The Hall–Kier alpha value is -1.03. The second-order valence-electron chi connectivity index (χ2n) is 4.96. The Morgan fingerprint density at radius 1 is 0.875 bits per heavy atom. The molecule has 0 heterocycles. The van der Waals surface area contributed by atoms with Crippen molar-refractivity contribution in [2.45, 2.75) is 6.61 Å². The molecule has 0 bridgehead atoms. The Balaban J connectivity index is 2.19. The molecule has 2 rings (SSSR count). The van der Waals surface area contributed by atoms with Crippen molar-refractivity contribution in [1.82, 2.24) is 4.67 Å². The number of alkyl halides is 2. The highest BCUT2D eigenvalue weighted by Crippen LogP contribution is 2.52. The van der Waals surface area contributed by atoms with E-state index in [1.165, 1.54) is 0 Å². The summed E-state index contributed by atoms with van der Waals surface area (Å²) in [7, 11) is -3.59. The first-order valence-corrected chi connectivity index (χ1v) is 10.1. The highest BCUT2D eigenvalue weighted by Gasteiger charge is 2.35. The summed E-state index contributed by atoms with van der Waals surface area (Å²) in [5.74, 6) is 1.07. The maximum Gasteiger partial charge on any atom is 0.461 e. The van der Waals surface area contributed by atoms with Gasteiger partial charge in [-0.3, -0.25) is 4.52 Å². The number of hydrogen-bond acceptors (Lipinski definition) is 3. The fourth-order valence-corrected chi connectivity index (χ4v) is 4.43. The predicted octanol–water partition coefficient (Wildman–Crippen LogP) is 5.17. The van der Waals surface area contributed by atoms with Gasteiger partial charge in [0.25, 0.3) is 0 Å². The Bertz CT molecular complexity index is 637. The van der Waals surface area contributed by atoms with Crippen LogP contribution >= 0.6 is 30.9 Å². The van der Waals surface area contributed by atoms with Crippen molar-refractivity contribution in [3.8, 4) is 5.75 Å². The lowest BCUT2D eigenvalue weighted by molar-refractivity contribution is 0.205. The van der Waals surface area contributed by atoms with E-state index in [4.69, 9.17) is 32.2 Å². The molecule has 7 heteroatoms. The second kappa shape index (κ2) is 10.1. The van der Waals surface area contributed by atoms with Gasteiger partial charge < -0.3 is 4.52 Å². The zero-order chi connectivity index (χ0) is 17.3. The van der Waals surface area contributed by atoms with Crippen molar-refractivity contribution in [3.05, 3.63) is 66.2 Å². The van der Waals surface area contributed by atoms with Crippen LogP contribution in [0.3, 0.4) is 0 Å². The summed E-state index contributed by atoms with van der Waals surface area (Å²) in [5, 5.41) is 0. The standard InChI is InChI=1S/C17H20Cl2NO3P/c18-11-13-20(14-12-19)24(21,23-17-9-5-2-6-10-17)22-15-16-7-3-1-4-8-16/h1-10H,11-15H2/t24-/m1/s1. The number of hydrogen-bond donors (Lipinski definition) is 0. The lowest BCUT2D eigenvalue weighted by Crippen LogP contribution is -2.28. The quantitative estimate of drug-likeness (QED) is 0.416. The number of benzene rings is 2. The van der Waals surface area contributed by atoms with Gasteiger partial charge in [0, 0.05) is 24.8 Å². The van der Waals surface area contributed by atoms with Crippen LogP contribution in [0, 0.1) is 0 Å². The highest BCUT2D eigenvalue weighted by molar-refractivity contribution is 7.51. The van der Waals surface area contributed by atoms with Gasteiger partial charge in [0.15, 0.2) is 0 Å². The van der Waals surface area contributed by atoms with Crippen molar-refractivity contribution in [2.24, 2.45) is 0 Å². The minimum atomic E-state index is -3.59. The lowest BCUT2D eigenvalue weighted by Gasteiger charge is -2.29. The molecule has 130 valence electrons. The normalized spacial score (nSPS) is 13.6. The molecule has 0 saturated heterocycles. The van der Waals surface area contributed by atoms with E-state index in [2.05, 4.69) is 0 Å². The molecule has 0 radical (unpaired) electrons. The van der Waals surface area contributed by atoms with Crippen molar-refractivity contribution in [2.75, 3.05) is 24.8 Å². The van der Waals surface area contributed by atoms with E-state index in [1.807, 2.05) is 48.5 Å². The maximum absolute atomic E-state index is 13.4. The highest BCUT2D eigenvalue weighted by atomic mass is 35.5. The van der Waals surface area contributed by atoms with Crippen molar-refractivity contribution in [1.29, 1.82) is 0 Å². The van der Waals surface area contributed by atoms with Crippen LogP contribution in [0.1, 0.15) is 5.56 Å². The second-order valence-corrected chi connectivity index (χ2v) is 7.66. The monoisotopic (exact) mass is 387 g/mol. The van der Waals surface area contributed by atoms with Crippen molar-refractivity contribution in [3.63, 3.8) is 0 Å². The molecule has 24 heavy (non-hydrogen) atoms. The lowest BCUT2D eigenvalue weighted by atomic mass is 10.2. The number of rotatable bonds is 10. The third-order valence-corrected chi connectivity index (χ3v) is 5.56. The Morgan fingerprint density at radius 3 is 1.96 bits per heavy atom. The average molecular weight is 388 g/mol. The Kier molecular flexibility index (Phi) is 8.10. The third kappa shape index (κ3) is 5.80. The summed E-state index contributed by atoms with van der Waals surface area (Å²) < 4.78 is 26.4. The molecule has 0 amide bonds. The number of para-hydroxylation sites is 1. The van der Waals surface area contributed by atoms with E-state index in [-0.39, 0.29) is 6.61 Å². The zero-order valence-electron chi connectivity index (χ0n) is 13.2. The van der Waals surface area contributed by atoms with Crippen LogP contribution < -0.4 is 4.52 Å². The minimum absolute atomic E-state index is 0.173. The summed E-state index contributed by atoms with van der Waals surface area (Å²) in [6, 6.07) is 18.5. The maximum atomic E-state index is 13.4. The first-order valence-electron chi connectivity index (χ1n) is 7.58. The molecular weight excluding hydrogens is 368 g/mol. The molecule has 1 atom stereocenters. The molecule has 0 fully saturated rings. The van der Waals surface area contributed by atoms with Gasteiger partial charge in [-0.05, 0) is 17.7 Å². The van der Waals surface area contributed by atoms with Gasteiger partial charge in [-0.15, -0.1) is 23.2 Å². The molecule has 0 aliphatic carbocycles. The summed E-state index contributed by atoms with van der Waals surface area (Å²) in [4.78, 5) is 0. The van der Waals surface area contributed by atoms with Gasteiger partial charge in [0.2, 0.25) is 0 Å². The molecule has 0 spiro atoms. The summed E-state index contributed by atoms with van der Waals surface area (Å²) in [6.07, 6.45) is 0. The van der Waals surface area contributed by atoms with E-state index in [1.54, 1.807) is 16.8 Å². The SMILES string of the molecule is O=[P@](OCc1ccccc1)(Oc1ccccc1)N(CCCl)CCCl. The Morgan fingerprint density at radius 2 is 1.42 bits per heavy atom.